The van der Waals surface area contributed by atoms with Crippen LogP contribution >= 0.6 is 0 Å². The molecule has 5 heteroatoms. The van der Waals surface area contributed by atoms with E-state index in [0.717, 1.165) is 11.3 Å². The summed E-state index contributed by atoms with van der Waals surface area (Å²) >= 11 is 0. The lowest BCUT2D eigenvalue weighted by Gasteiger charge is -2.08. The van der Waals surface area contributed by atoms with Crippen molar-refractivity contribution in [2.75, 3.05) is 6.61 Å². The average Bonchev–Trinajstić information content (AvgIpc) is 3.02. The molecular weight excluding hydrogens is 278 g/mol. The molecule has 0 aliphatic rings. The molecule has 0 aliphatic heterocycles. The van der Waals surface area contributed by atoms with Crippen molar-refractivity contribution in [2.45, 2.75) is 6.92 Å². The molecule has 1 heterocycles. The highest BCUT2D eigenvalue weighted by molar-refractivity contribution is 5.94. The molecule has 5 nitrogen and oxygen atoms in total. The first-order valence-electron chi connectivity index (χ1n) is 7.05. The molecule has 0 saturated heterocycles. The zero-order valence-corrected chi connectivity index (χ0v) is 12.1. The van der Waals surface area contributed by atoms with E-state index in [1.54, 1.807) is 11.6 Å². The summed E-state index contributed by atoms with van der Waals surface area (Å²) in [5.41, 5.74) is 2.55. The molecule has 0 bridgehead atoms. The van der Waals surface area contributed by atoms with Crippen LogP contribution in [0.2, 0.25) is 0 Å². The second kappa shape index (κ2) is 6.22. The van der Waals surface area contributed by atoms with Gasteiger partial charge < -0.3 is 4.74 Å². The number of carbonyl (C=O) groups excluding carboxylic acids is 1. The molecule has 3 aromatic rings. The van der Waals surface area contributed by atoms with Crippen molar-refractivity contribution in [1.82, 2.24) is 15.0 Å². The summed E-state index contributed by atoms with van der Waals surface area (Å²) in [5, 5.41) is 8.16. The SMILES string of the molecule is CCOC(=O)c1nnn(-c2ccccc2)c1-c1ccccc1. The second-order valence-corrected chi connectivity index (χ2v) is 4.62. The van der Waals surface area contributed by atoms with E-state index in [0.29, 0.717) is 12.3 Å². The van der Waals surface area contributed by atoms with Crippen molar-refractivity contribution >= 4 is 5.97 Å². The molecule has 2 aromatic carbocycles. The first-order valence-corrected chi connectivity index (χ1v) is 7.05. The number of nitrogens with zero attached hydrogens (tertiary/aromatic N) is 3. The van der Waals surface area contributed by atoms with E-state index in [9.17, 15) is 4.79 Å². The molecule has 0 N–H and O–H groups in total. The molecule has 1 aromatic heterocycles. The first-order chi connectivity index (χ1) is 10.8. The fourth-order valence-electron chi connectivity index (χ4n) is 2.22. The van der Waals surface area contributed by atoms with Gasteiger partial charge in [-0.2, -0.15) is 0 Å². The number of esters is 1. The molecular formula is C17H15N3O2. The van der Waals surface area contributed by atoms with Crippen molar-refractivity contribution < 1.29 is 9.53 Å². The van der Waals surface area contributed by atoms with Crippen LogP contribution in [-0.4, -0.2) is 27.6 Å². The predicted octanol–water partition coefficient (Wildman–Crippen LogP) is 3.11. The number of ether oxygens (including phenoxy) is 1. The standard InChI is InChI=1S/C17H15N3O2/c1-2-22-17(21)15-16(13-9-5-3-6-10-13)20(19-18-15)14-11-7-4-8-12-14/h3-12H,2H2,1H3. The van der Waals surface area contributed by atoms with Gasteiger partial charge in [0.1, 0.15) is 5.69 Å². The minimum atomic E-state index is -0.469. The number of benzene rings is 2. The quantitative estimate of drug-likeness (QED) is 0.694. The third-order valence-electron chi connectivity index (χ3n) is 3.19. The lowest BCUT2D eigenvalue weighted by Crippen LogP contribution is -2.08. The monoisotopic (exact) mass is 293 g/mol. The summed E-state index contributed by atoms with van der Waals surface area (Å²) in [6.45, 7) is 2.06. The van der Waals surface area contributed by atoms with E-state index in [1.165, 1.54) is 0 Å². The molecule has 0 atom stereocenters. The van der Waals surface area contributed by atoms with E-state index >= 15 is 0 Å². The van der Waals surface area contributed by atoms with Crippen LogP contribution in [0.4, 0.5) is 0 Å². The third-order valence-corrected chi connectivity index (χ3v) is 3.19. The summed E-state index contributed by atoms with van der Waals surface area (Å²) < 4.78 is 6.74. The molecule has 0 fully saturated rings. The Kier molecular flexibility index (Phi) is 3.96. The van der Waals surface area contributed by atoms with Crippen LogP contribution in [-0.2, 0) is 4.74 Å². The van der Waals surface area contributed by atoms with Crippen molar-refractivity contribution in [3.8, 4) is 16.9 Å². The van der Waals surface area contributed by atoms with Crippen molar-refractivity contribution in [1.29, 1.82) is 0 Å². The largest absolute Gasteiger partial charge is 0.461 e. The van der Waals surface area contributed by atoms with Gasteiger partial charge in [0.05, 0.1) is 12.3 Å². The number of hydrogen-bond acceptors (Lipinski definition) is 4. The maximum absolute atomic E-state index is 12.1. The van der Waals surface area contributed by atoms with Gasteiger partial charge >= 0.3 is 5.97 Å². The van der Waals surface area contributed by atoms with Gasteiger partial charge in [0.25, 0.3) is 0 Å². The minimum Gasteiger partial charge on any atom is -0.461 e. The van der Waals surface area contributed by atoms with Gasteiger partial charge in [-0.25, -0.2) is 9.48 Å². The number of rotatable bonds is 4. The fourth-order valence-corrected chi connectivity index (χ4v) is 2.22. The van der Waals surface area contributed by atoms with E-state index in [2.05, 4.69) is 10.3 Å². The van der Waals surface area contributed by atoms with Crippen LogP contribution in [0.5, 0.6) is 0 Å². The Morgan fingerprint density at radius 2 is 1.68 bits per heavy atom. The Morgan fingerprint density at radius 3 is 2.32 bits per heavy atom. The average molecular weight is 293 g/mol. The lowest BCUT2D eigenvalue weighted by molar-refractivity contribution is 0.0520. The lowest BCUT2D eigenvalue weighted by atomic mass is 10.1. The normalized spacial score (nSPS) is 10.4. The van der Waals surface area contributed by atoms with Gasteiger partial charge in [0, 0.05) is 5.56 Å². The van der Waals surface area contributed by atoms with E-state index in [-0.39, 0.29) is 5.69 Å². The number of para-hydroxylation sites is 1. The Morgan fingerprint density at radius 1 is 1.05 bits per heavy atom. The van der Waals surface area contributed by atoms with Gasteiger partial charge in [-0.05, 0) is 19.1 Å². The molecule has 0 saturated carbocycles. The summed E-state index contributed by atoms with van der Waals surface area (Å²) in [5.74, 6) is -0.469. The molecule has 22 heavy (non-hydrogen) atoms. The van der Waals surface area contributed by atoms with E-state index in [1.807, 2.05) is 60.7 Å². The van der Waals surface area contributed by atoms with E-state index in [4.69, 9.17) is 4.74 Å². The predicted molar refractivity (Wildman–Crippen MR) is 82.8 cm³/mol. The first kappa shape index (κ1) is 14.0. The maximum atomic E-state index is 12.1. The zero-order chi connectivity index (χ0) is 15.4. The summed E-state index contributed by atoms with van der Waals surface area (Å²) in [6.07, 6.45) is 0. The summed E-state index contributed by atoms with van der Waals surface area (Å²) in [4.78, 5) is 12.1. The van der Waals surface area contributed by atoms with E-state index < -0.39 is 5.97 Å². The minimum absolute atomic E-state index is 0.219. The van der Waals surface area contributed by atoms with Gasteiger partial charge in [-0.1, -0.05) is 53.7 Å². The molecule has 110 valence electrons. The summed E-state index contributed by atoms with van der Waals surface area (Å²) in [7, 11) is 0. The zero-order valence-electron chi connectivity index (χ0n) is 12.1. The number of hydrogen-bond donors (Lipinski definition) is 0. The summed E-state index contributed by atoms with van der Waals surface area (Å²) in [6, 6.07) is 19.2. The van der Waals surface area contributed by atoms with Gasteiger partial charge in [-0.15, -0.1) is 5.10 Å². The topological polar surface area (TPSA) is 57.0 Å². The molecule has 0 spiro atoms. The van der Waals surface area contributed by atoms with Gasteiger partial charge in [-0.3, -0.25) is 0 Å². The number of carbonyl (C=O) groups is 1. The van der Waals surface area contributed by atoms with Crippen LogP contribution in [0.15, 0.2) is 60.7 Å². The molecule has 0 amide bonds. The van der Waals surface area contributed by atoms with Gasteiger partial charge in [0.2, 0.25) is 0 Å². The Hall–Kier alpha value is -2.95. The molecule has 0 unspecified atom stereocenters. The smallest absolute Gasteiger partial charge is 0.361 e. The van der Waals surface area contributed by atoms with Crippen molar-refractivity contribution in [3.05, 3.63) is 66.4 Å². The Balaban J connectivity index is 2.18. The highest BCUT2D eigenvalue weighted by atomic mass is 16.5. The Bertz CT molecular complexity index is 767. The highest BCUT2D eigenvalue weighted by Crippen LogP contribution is 2.25. The van der Waals surface area contributed by atoms with Crippen LogP contribution in [0.3, 0.4) is 0 Å². The van der Waals surface area contributed by atoms with Crippen molar-refractivity contribution in [2.24, 2.45) is 0 Å². The van der Waals surface area contributed by atoms with Crippen LogP contribution in [0, 0.1) is 0 Å². The molecule has 3 rings (SSSR count). The maximum Gasteiger partial charge on any atom is 0.361 e. The van der Waals surface area contributed by atoms with Gasteiger partial charge in [0.15, 0.2) is 5.69 Å². The number of aromatic nitrogens is 3. The fraction of sp³-hybridized carbons (Fsp3) is 0.118. The van der Waals surface area contributed by atoms with Crippen LogP contribution in [0.25, 0.3) is 16.9 Å². The molecule has 0 aliphatic carbocycles. The van der Waals surface area contributed by atoms with Crippen LogP contribution in [0.1, 0.15) is 17.4 Å². The van der Waals surface area contributed by atoms with Crippen molar-refractivity contribution in [3.63, 3.8) is 0 Å². The third kappa shape index (κ3) is 2.61. The second-order valence-electron chi connectivity index (χ2n) is 4.62. The Labute approximate surface area is 128 Å². The molecule has 0 radical (unpaired) electrons. The van der Waals surface area contributed by atoms with Crippen LogP contribution < -0.4 is 0 Å². The highest BCUT2D eigenvalue weighted by Gasteiger charge is 2.22.